The van der Waals surface area contributed by atoms with Crippen molar-refractivity contribution >= 4 is 6.09 Å². The molecule has 0 aliphatic heterocycles. The van der Waals surface area contributed by atoms with E-state index in [-0.39, 0.29) is 12.1 Å². The predicted octanol–water partition coefficient (Wildman–Crippen LogP) is 3.76. The molecule has 0 aliphatic carbocycles. The van der Waals surface area contributed by atoms with Gasteiger partial charge in [-0.1, -0.05) is 42.5 Å². The topological polar surface area (TPSA) is 114 Å². The summed E-state index contributed by atoms with van der Waals surface area (Å²) in [4.78, 5) is 54.5. The van der Waals surface area contributed by atoms with Crippen LogP contribution in [0, 0.1) is 11.6 Å². The van der Waals surface area contributed by atoms with Crippen LogP contribution in [0.4, 0.5) is 13.6 Å². The van der Waals surface area contributed by atoms with E-state index in [1.54, 1.807) is 57.2 Å². The Morgan fingerprint density at radius 1 is 0.881 bits per heavy atom. The summed E-state index contributed by atoms with van der Waals surface area (Å²) >= 11 is 0. The van der Waals surface area contributed by atoms with Gasteiger partial charge in [0.15, 0.2) is 0 Å². The van der Waals surface area contributed by atoms with Crippen molar-refractivity contribution in [3.05, 3.63) is 127 Å². The average molecular weight is 581 g/mol. The molecule has 4 aromatic rings. The highest BCUT2D eigenvalue weighted by Crippen LogP contribution is 2.16. The van der Waals surface area contributed by atoms with Gasteiger partial charge in [0.25, 0.3) is 0 Å². The van der Waals surface area contributed by atoms with Crippen molar-refractivity contribution in [2.45, 2.75) is 45.5 Å². The highest BCUT2D eigenvalue weighted by molar-refractivity contribution is 5.67. The van der Waals surface area contributed by atoms with Crippen molar-refractivity contribution in [3.8, 4) is 11.4 Å². The normalized spacial score (nSPS) is 12.0. The lowest BCUT2D eigenvalue weighted by molar-refractivity contribution is 0.0476. The van der Waals surface area contributed by atoms with E-state index in [0.29, 0.717) is 25.0 Å². The molecule has 1 amide bonds. The van der Waals surface area contributed by atoms with E-state index >= 15 is 0 Å². The fourth-order valence-corrected chi connectivity index (χ4v) is 4.31. The molecule has 42 heavy (non-hydrogen) atoms. The number of alkyl carbamates (subject to hydrolysis) is 1. The summed E-state index contributed by atoms with van der Waals surface area (Å²) in [6, 6.07) is 17.7. The molecular formula is C30H30F2N4O6. The molecule has 12 heteroatoms. The average Bonchev–Trinajstić information content (AvgIpc) is 2.92. The Balaban J connectivity index is 2.00. The first kappa shape index (κ1) is 30.0. The van der Waals surface area contributed by atoms with Crippen LogP contribution in [0.3, 0.4) is 0 Å². The van der Waals surface area contributed by atoms with Gasteiger partial charge in [-0.25, -0.2) is 41.7 Å². The van der Waals surface area contributed by atoms with Gasteiger partial charge in [-0.2, -0.15) is 0 Å². The summed E-state index contributed by atoms with van der Waals surface area (Å²) in [6.45, 7) is 4.10. The molecule has 0 radical (unpaired) electrons. The maximum Gasteiger partial charge on any atom is 0.409 e. The molecule has 1 heterocycles. The zero-order chi connectivity index (χ0) is 30.6. The van der Waals surface area contributed by atoms with Crippen LogP contribution in [-0.4, -0.2) is 32.5 Å². The van der Waals surface area contributed by atoms with Crippen molar-refractivity contribution in [2.24, 2.45) is 0 Å². The number of rotatable bonds is 8. The monoisotopic (exact) mass is 580 g/mol. The second-order valence-electron chi connectivity index (χ2n) is 10.4. The Kier molecular flexibility index (Phi) is 8.74. The van der Waals surface area contributed by atoms with E-state index in [1.165, 1.54) is 25.3 Å². The Labute approximate surface area is 239 Å². The maximum atomic E-state index is 14.7. The van der Waals surface area contributed by atoms with Gasteiger partial charge in [0.05, 0.1) is 19.3 Å². The SMILES string of the molecule is COc1cccc(-n2c(=O)n(Cc3c(F)cccc3F)c(=O)n([C@H](Cc3ccccc3)NC(=O)OC(C)(C)C)c2=O)c1. The number of amides is 1. The van der Waals surface area contributed by atoms with E-state index in [9.17, 15) is 28.0 Å². The van der Waals surface area contributed by atoms with Crippen LogP contribution >= 0.6 is 0 Å². The molecule has 220 valence electrons. The summed E-state index contributed by atoms with van der Waals surface area (Å²) in [5.41, 5.74) is -4.24. The van der Waals surface area contributed by atoms with Crippen LogP contribution in [0.1, 0.15) is 38.1 Å². The van der Waals surface area contributed by atoms with Crippen LogP contribution in [-0.2, 0) is 17.7 Å². The number of hydrogen-bond acceptors (Lipinski definition) is 6. The molecule has 0 fully saturated rings. The van der Waals surface area contributed by atoms with Crippen molar-refractivity contribution in [3.63, 3.8) is 0 Å². The molecule has 0 bridgehead atoms. The summed E-state index contributed by atoms with van der Waals surface area (Å²) < 4.78 is 41.8. The summed E-state index contributed by atoms with van der Waals surface area (Å²) in [5.74, 6) is -1.67. The Morgan fingerprint density at radius 3 is 2.14 bits per heavy atom. The fourth-order valence-electron chi connectivity index (χ4n) is 4.31. The Morgan fingerprint density at radius 2 is 1.52 bits per heavy atom. The van der Waals surface area contributed by atoms with E-state index in [0.717, 1.165) is 18.2 Å². The zero-order valence-corrected chi connectivity index (χ0v) is 23.5. The van der Waals surface area contributed by atoms with Crippen molar-refractivity contribution in [1.29, 1.82) is 0 Å². The van der Waals surface area contributed by atoms with Gasteiger partial charge in [0.2, 0.25) is 0 Å². The van der Waals surface area contributed by atoms with Gasteiger partial charge in [-0.3, -0.25) is 0 Å². The summed E-state index contributed by atoms with van der Waals surface area (Å²) in [5, 5.41) is 2.55. The highest BCUT2D eigenvalue weighted by Gasteiger charge is 2.27. The number of methoxy groups -OCH3 is 1. The highest BCUT2D eigenvalue weighted by atomic mass is 19.1. The van der Waals surface area contributed by atoms with Gasteiger partial charge in [-0.15, -0.1) is 0 Å². The molecule has 1 aromatic heterocycles. The molecule has 1 atom stereocenters. The van der Waals surface area contributed by atoms with Gasteiger partial charge < -0.3 is 14.8 Å². The number of benzene rings is 3. The lowest BCUT2D eigenvalue weighted by Gasteiger charge is -2.25. The number of ether oxygens (including phenoxy) is 2. The quantitative estimate of drug-likeness (QED) is 0.340. The fraction of sp³-hybridized carbons (Fsp3) is 0.267. The number of aromatic nitrogens is 3. The van der Waals surface area contributed by atoms with Crippen molar-refractivity contribution < 1.29 is 23.0 Å². The molecule has 0 unspecified atom stereocenters. The third-order valence-electron chi connectivity index (χ3n) is 6.21. The minimum atomic E-state index is -1.36. The van der Waals surface area contributed by atoms with E-state index in [1.807, 2.05) is 0 Å². The molecule has 1 N–H and O–H groups in total. The third kappa shape index (κ3) is 6.65. The van der Waals surface area contributed by atoms with Crippen LogP contribution in [0.15, 0.2) is 87.2 Å². The number of halogens is 2. The predicted molar refractivity (Wildman–Crippen MR) is 151 cm³/mol. The Hall–Kier alpha value is -5.00. The molecule has 3 aromatic carbocycles. The lowest BCUT2D eigenvalue weighted by Crippen LogP contribution is -2.57. The minimum absolute atomic E-state index is 0.0246. The third-order valence-corrected chi connectivity index (χ3v) is 6.21. The van der Waals surface area contributed by atoms with Gasteiger partial charge in [0.1, 0.15) is 29.2 Å². The maximum absolute atomic E-state index is 14.7. The van der Waals surface area contributed by atoms with Crippen LogP contribution in [0.2, 0.25) is 0 Å². The first-order valence-corrected chi connectivity index (χ1v) is 13.0. The van der Waals surface area contributed by atoms with E-state index < -0.39 is 58.7 Å². The first-order chi connectivity index (χ1) is 19.9. The second-order valence-corrected chi connectivity index (χ2v) is 10.4. The number of nitrogens with zero attached hydrogens (tertiary/aromatic N) is 3. The van der Waals surface area contributed by atoms with Crippen LogP contribution in [0.25, 0.3) is 5.69 Å². The first-order valence-electron chi connectivity index (χ1n) is 13.0. The largest absolute Gasteiger partial charge is 0.497 e. The standard InChI is InChI=1S/C30H30F2N4O6/c1-30(2,3)42-26(37)33-25(16-19-10-6-5-7-11-19)36-28(39)34(18-22-23(31)14-9-15-24(22)32)27(38)35(29(36)40)20-12-8-13-21(17-20)41-4/h5-15,17,25H,16,18H2,1-4H3,(H,33,37)/t25-/m1/s1. The minimum Gasteiger partial charge on any atom is -0.497 e. The van der Waals surface area contributed by atoms with Gasteiger partial charge in [0, 0.05) is 18.1 Å². The lowest BCUT2D eigenvalue weighted by atomic mass is 10.1. The van der Waals surface area contributed by atoms with Gasteiger partial charge >= 0.3 is 23.2 Å². The zero-order valence-electron chi connectivity index (χ0n) is 23.5. The van der Waals surface area contributed by atoms with E-state index in [2.05, 4.69) is 5.32 Å². The number of nitrogens with one attached hydrogen (secondary N) is 1. The van der Waals surface area contributed by atoms with Gasteiger partial charge in [-0.05, 0) is 50.6 Å². The molecule has 10 nitrogen and oxygen atoms in total. The number of carbonyl (C=O) groups is 1. The molecule has 0 aliphatic rings. The molecule has 0 spiro atoms. The van der Waals surface area contributed by atoms with Crippen LogP contribution in [0.5, 0.6) is 5.75 Å². The van der Waals surface area contributed by atoms with E-state index in [4.69, 9.17) is 9.47 Å². The molecule has 4 rings (SSSR count). The summed E-state index contributed by atoms with van der Waals surface area (Å²) in [6.07, 6.45) is -2.36. The molecular weight excluding hydrogens is 550 g/mol. The second kappa shape index (κ2) is 12.2. The van der Waals surface area contributed by atoms with Crippen molar-refractivity contribution in [1.82, 2.24) is 19.0 Å². The van der Waals surface area contributed by atoms with Crippen molar-refractivity contribution in [2.75, 3.05) is 7.11 Å². The smallest absolute Gasteiger partial charge is 0.409 e. The summed E-state index contributed by atoms with van der Waals surface area (Å²) in [7, 11) is 1.39. The van der Waals surface area contributed by atoms with Crippen LogP contribution < -0.4 is 27.1 Å². The molecule has 0 saturated heterocycles. The number of hydrogen-bond donors (Lipinski definition) is 1. The Bertz CT molecular complexity index is 1750. The molecule has 0 saturated carbocycles. The number of carbonyl (C=O) groups excluding carboxylic acids is 1.